The lowest BCUT2D eigenvalue weighted by atomic mass is 10.0. The third-order valence-corrected chi connectivity index (χ3v) is 4.36. The van der Waals surface area contributed by atoms with Crippen molar-refractivity contribution in [3.05, 3.63) is 28.0 Å². The SMILES string of the molecule is CC(C)CC(C)NC(=O)c1cc(S(N)(=O)=O)c(F)cc1Br. The normalized spacial score (nSPS) is 13.3. The van der Waals surface area contributed by atoms with E-state index < -0.39 is 26.6 Å². The van der Waals surface area contributed by atoms with Crippen LogP contribution in [0.1, 0.15) is 37.6 Å². The summed E-state index contributed by atoms with van der Waals surface area (Å²) < 4.78 is 36.4. The number of carbonyl (C=O) groups is 1. The summed E-state index contributed by atoms with van der Waals surface area (Å²) in [6.07, 6.45) is 0.770. The van der Waals surface area contributed by atoms with Crippen LogP contribution in [0.25, 0.3) is 0 Å². The first-order valence-corrected chi connectivity index (χ1v) is 8.69. The monoisotopic (exact) mass is 380 g/mol. The number of nitrogens with two attached hydrogens (primary N) is 1. The molecule has 8 heteroatoms. The molecule has 0 aliphatic carbocycles. The highest BCUT2D eigenvalue weighted by Gasteiger charge is 2.21. The topological polar surface area (TPSA) is 89.3 Å². The standard InChI is InChI=1S/C13H18BrFN2O3S/c1-7(2)4-8(3)17-13(18)9-5-12(21(16,19)20)11(15)6-10(9)14/h5-8H,4H2,1-3H3,(H,17,18)(H2,16,19,20). The number of benzene rings is 1. The molecule has 0 bridgehead atoms. The van der Waals surface area contributed by atoms with E-state index in [4.69, 9.17) is 5.14 Å². The Morgan fingerprint density at radius 1 is 1.38 bits per heavy atom. The number of primary sulfonamides is 1. The predicted molar refractivity (Wildman–Crippen MR) is 81.9 cm³/mol. The van der Waals surface area contributed by atoms with Gasteiger partial charge in [-0.1, -0.05) is 13.8 Å². The molecule has 1 amide bonds. The predicted octanol–water partition coefficient (Wildman–Crippen LogP) is 2.40. The third-order valence-electron chi connectivity index (χ3n) is 2.78. The second-order valence-electron chi connectivity index (χ2n) is 5.31. The molecular formula is C13H18BrFN2O3S. The van der Waals surface area contributed by atoms with Crippen molar-refractivity contribution in [2.45, 2.75) is 38.1 Å². The molecule has 0 heterocycles. The van der Waals surface area contributed by atoms with E-state index in [9.17, 15) is 17.6 Å². The van der Waals surface area contributed by atoms with Crippen LogP contribution in [0.2, 0.25) is 0 Å². The molecule has 1 aromatic rings. The maximum Gasteiger partial charge on any atom is 0.252 e. The Morgan fingerprint density at radius 2 is 1.95 bits per heavy atom. The summed E-state index contributed by atoms with van der Waals surface area (Å²) in [5.41, 5.74) is 0.0241. The van der Waals surface area contributed by atoms with E-state index in [1.54, 1.807) is 0 Å². The molecule has 1 atom stereocenters. The van der Waals surface area contributed by atoms with Crippen LogP contribution < -0.4 is 10.5 Å². The van der Waals surface area contributed by atoms with Crippen LogP contribution in [0.4, 0.5) is 4.39 Å². The van der Waals surface area contributed by atoms with Gasteiger partial charge in [-0.05, 0) is 47.3 Å². The summed E-state index contributed by atoms with van der Waals surface area (Å²) in [4.78, 5) is 11.4. The average Bonchev–Trinajstić information content (AvgIpc) is 2.24. The number of halogens is 2. The number of hydrogen-bond acceptors (Lipinski definition) is 3. The van der Waals surface area contributed by atoms with Crippen LogP contribution in [-0.2, 0) is 10.0 Å². The smallest absolute Gasteiger partial charge is 0.252 e. The van der Waals surface area contributed by atoms with Crippen LogP contribution in [0.15, 0.2) is 21.5 Å². The molecule has 1 rings (SSSR count). The zero-order valence-electron chi connectivity index (χ0n) is 12.0. The lowest BCUT2D eigenvalue weighted by Crippen LogP contribution is -2.34. The molecule has 1 aromatic carbocycles. The largest absolute Gasteiger partial charge is 0.350 e. The third kappa shape index (κ3) is 5.05. The maximum atomic E-state index is 13.6. The second kappa shape index (κ2) is 6.85. The van der Waals surface area contributed by atoms with Gasteiger partial charge in [0.2, 0.25) is 10.0 Å². The molecular weight excluding hydrogens is 363 g/mol. The summed E-state index contributed by atoms with van der Waals surface area (Å²) >= 11 is 3.05. The van der Waals surface area contributed by atoms with Gasteiger partial charge in [0, 0.05) is 10.5 Å². The number of hydrogen-bond donors (Lipinski definition) is 2. The second-order valence-corrected chi connectivity index (χ2v) is 7.70. The quantitative estimate of drug-likeness (QED) is 0.821. The molecule has 0 radical (unpaired) electrons. The van der Waals surface area contributed by atoms with E-state index >= 15 is 0 Å². The zero-order chi connectivity index (χ0) is 16.4. The first-order valence-electron chi connectivity index (χ1n) is 6.35. The van der Waals surface area contributed by atoms with E-state index in [1.165, 1.54) is 0 Å². The summed E-state index contributed by atoms with van der Waals surface area (Å²) in [5.74, 6) is -1.09. The fourth-order valence-corrected chi connectivity index (χ4v) is 3.10. The molecule has 1 unspecified atom stereocenters. The van der Waals surface area contributed by atoms with Gasteiger partial charge in [0.1, 0.15) is 10.7 Å². The lowest BCUT2D eigenvalue weighted by molar-refractivity contribution is 0.0935. The molecule has 0 saturated carbocycles. The lowest BCUT2D eigenvalue weighted by Gasteiger charge is -2.17. The number of sulfonamides is 1. The molecule has 0 saturated heterocycles. The maximum absolute atomic E-state index is 13.6. The van der Waals surface area contributed by atoms with Gasteiger partial charge in [0.15, 0.2) is 0 Å². The van der Waals surface area contributed by atoms with Crippen molar-refractivity contribution in [2.24, 2.45) is 11.1 Å². The van der Waals surface area contributed by atoms with E-state index in [-0.39, 0.29) is 16.1 Å². The van der Waals surface area contributed by atoms with Crippen molar-refractivity contribution < 1.29 is 17.6 Å². The van der Waals surface area contributed by atoms with Crippen molar-refractivity contribution >= 4 is 31.9 Å². The highest BCUT2D eigenvalue weighted by molar-refractivity contribution is 9.10. The summed E-state index contributed by atoms with van der Waals surface area (Å²) in [5, 5.41) is 7.67. The molecule has 21 heavy (non-hydrogen) atoms. The number of rotatable bonds is 5. The Bertz CT molecular complexity index is 647. The molecule has 5 nitrogen and oxygen atoms in total. The van der Waals surface area contributed by atoms with Gasteiger partial charge in [-0.2, -0.15) is 0 Å². The average molecular weight is 381 g/mol. The van der Waals surface area contributed by atoms with Gasteiger partial charge < -0.3 is 5.32 Å². The van der Waals surface area contributed by atoms with Crippen LogP contribution in [0.5, 0.6) is 0 Å². The minimum atomic E-state index is -4.23. The van der Waals surface area contributed by atoms with Gasteiger partial charge in [0.25, 0.3) is 5.91 Å². The Labute approximate surface area is 132 Å². The van der Waals surface area contributed by atoms with Crippen LogP contribution in [0, 0.1) is 11.7 Å². The van der Waals surface area contributed by atoms with Gasteiger partial charge >= 0.3 is 0 Å². The highest BCUT2D eigenvalue weighted by Crippen LogP contribution is 2.24. The van der Waals surface area contributed by atoms with Gasteiger partial charge in [-0.3, -0.25) is 4.79 Å². The van der Waals surface area contributed by atoms with Crippen molar-refractivity contribution in [3.8, 4) is 0 Å². The minimum Gasteiger partial charge on any atom is -0.350 e. The molecule has 0 fully saturated rings. The van der Waals surface area contributed by atoms with Gasteiger partial charge in [-0.25, -0.2) is 17.9 Å². The number of nitrogens with one attached hydrogen (secondary N) is 1. The summed E-state index contributed by atoms with van der Waals surface area (Å²) in [6, 6.07) is 1.76. The summed E-state index contributed by atoms with van der Waals surface area (Å²) in [7, 11) is -4.23. The van der Waals surface area contributed by atoms with Crippen molar-refractivity contribution in [1.29, 1.82) is 0 Å². The summed E-state index contributed by atoms with van der Waals surface area (Å²) in [6.45, 7) is 5.89. The fraction of sp³-hybridized carbons (Fsp3) is 0.462. The van der Waals surface area contributed by atoms with Crippen LogP contribution in [-0.4, -0.2) is 20.4 Å². The van der Waals surface area contributed by atoms with Gasteiger partial charge in [0.05, 0.1) is 5.56 Å². The molecule has 118 valence electrons. The Kier molecular flexibility index (Phi) is 5.89. The zero-order valence-corrected chi connectivity index (χ0v) is 14.4. The van der Waals surface area contributed by atoms with Crippen LogP contribution in [0.3, 0.4) is 0 Å². The number of amides is 1. The van der Waals surface area contributed by atoms with Crippen LogP contribution >= 0.6 is 15.9 Å². The molecule has 0 aliphatic heterocycles. The van der Waals surface area contributed by atoms with Gasteiger partial charge in [-0.15, -0.1) is 0 Å². The Morgan fingerprint density at radius 3 is 2.43 bits per heavy atom. The first kappa shape index (κ1) is 18.1. The highest BCUT2D eigenvalue weighted by atomic mass is 79.9. The van der Waals surface area contributed by atoms with E-state index in [0.717, 1.165) is 18.6 Å². The van der Waals surface area contributed by atoms with E-state index in [0.29, 0.717) is 5.92 Å². The Hall–Kier alpha value is -0.990. The molecule has 0 aromatic heterocycles. The first-order chi connectivity index (χ1) is 9.52. The van der Waals surface area contributed by atoms with Crippen molar-refractivity contribution in [2.75, 3.05) is 0 Å². The molecule has 3 N–H and O–H groups in total. The molecule has 0 aliphatic rings. The Balaban J connectivity index is 3.10. The number of carbonyl (C=O) groups excluding carboxylic acids is 1. The van der Waals surface area contributed by atoms with Crippen molar-refractivity contribution in [3.63, 3.8) is 0 Å². The minimum absolute atomic E-state index is 0.0241. The fourth-order valence-electron chi connectivity index (χ4n) is 1.99. The van der Waals surface area contributed by atoms with Crippen molar-refractivity contribution in [1.82, 2.24) is 5.32 Å². The molecule has 0 spiro atoms. The van der Waals surface area contributed by atoms with E-state index in [1.807, 2.05) is 20.8 Å². The van der Waals surface area contributed by atoms with E-state index in [2.05, 4.69) is 21.2 Å².